The molecule has 0 saturated heterocycles. The number of carboxylic acids is 1. The van der Waals surface area contributed by atoms with Crippen LogP contribution >= 0.6 is 0 Å². The molecule has 140 valence electrons. The monoisotopic (exact) mass is 340 g/mol. The Bertz CT molecular complexity index is 370. The molecule has 0 aliphatic heterocycles. The number of aliphatic carboxylic acids is 1. The van der Waals surface area contributed by atoms with Gasteiger partial charge in [-0.25, -0.2) is 0 Å². The number of unbranched alkanes of at least 4 members (excludes halogenated alkanes) is 2. The molecule has 0 aromatic carbocycles. The third-order valence-corrected chi connectivity index (χ3v) is 5.11. The van der Waals surface area contributed by atoms with Crippen molar-refractivity contribution in [1.29, 1.82) is 0 Å². The fraction of sp³-hybridized carbons (Fsp3) is 0.900. The van der Waals surface area contributed by atoms with E-state index in [2.05, 4.69) is 20.8 Å². The summed E-state index contributed by atoms with van der Waals surface area (Å²) in [6, 6.07) is 0. The van der Waals surface area contributed by atoms with Crippen LogP contribution in [0.1, 0.15) is 91.4 Å². The van der Waals surface area contributed by atoms with Crippen molar-refractivity contribution in [2.45, 2.75) is 97.5 Å². The second kappa shape index (κ2) is 11.5. The molecular formula is C20H36O4. The van der Waals surface area contributed by atoms with Gasteiger partial charge in [0.2, 0.25) is 0 Å². The molecule has 1 aliphatic rings. The Labute approximate surface area is 147 Å². The van der Waals surface area contributed by atoms with Gasteiger partial charge < -0.3 is 9.84 Å². The lowest BCUT2D eigenvalue weighted by molar-refractivity contribution is -0.158. The molecule has 0 aromatic rings. The molecule has 4 heteroatoms. The molecule has 0 amide bonds. The number of carbonyl (C=O) groups excluding carboxylic acids is 1. The van der Waals surface area contributed by atoms with Gasteiger partial charge in [0, 0.05) is 0 Å². The molecule has 1 saturated carbocycles. The lowest BCUT2D eigenvalue weighted by atomic mass is 9.82. The average Bonchev–Trinajstić information content (AvgIpc) is 2.54. The van der Waals surface area contributed by atoms with Gasteiger partial charge in [0.05, 0.1) is 11.8 Å². The van der Waals surface area contributed by atoms with Crippen LogP contribution in [0.4, 0.5) is 0 Å². The standard InChI is InChI=1S/C20H36O4/c1-4-8-18(10-7-5-6-9-15(2)3)24-20(23)17-13-11-16(12-14-17)19(21)22/h15-18H,4-14H2,1-3H3,(H,21,22). The zero-order valence-corrected chi connectivity index (χ0v) is 15.8. The largest absolute Gasteiger partial charge is 0.481 e. The predicted octanol–water partition coefficient (Wildman–Crippen LogP) is 5.20. The summed E-state index contributed by atoms with van der Waals surface area (Å²) in [7, 11) is 0. The maximum absolute atomic E-state index is 12.4. The molecule has 0 bridgehead atoms. The Hall–Kier alpha value is -1.06. The number of ether oxygens (including phenoxy) is 1. The molecule has 1 rings (SSSR count). The van der Waals surface area contributed by atoms with Crippen LogP contribution in [0.3, 0.4) is 0 Å². The van der Waals surface area contributed by atoms with Gasteiger partial charge >= 0.3 is 11.9 Å². The first-order valence-electron chi connectivity index (χ1n) is 9.87. The molecule has 1 aliphatic carbocycles. The summed E-state index contributed by atoms with van der Waals surface area (Å²) in [5, 5.41) is 9.04. The second-order valence-electron chi connectivity index (χ2n) is 7.77. The Morgan fingerprint density at radius 1 is 0.958 bits per heavy atom. The number of rotatable bonds is 11. The third kappa shape index (κ3) is 8.16. The van der Waals surface area contributed by atoms with Crippen LogP contribution in [0, 0.1) is 17.8 Å². The van der Waals surface area contributed by atoms with E-state index in [9.17, 15) is 9.59 Å². The van der Waals surface area contributed by atoms with Crippen LogP contribution < -0.4 is 0 Å². The number of hydrogen-bond acceptors (Lipinski definition) is 3. The van der Waals surface area contributed by atoms with E-state index in [1.54, 1.807) is 0 Å². The lowest BCUT2D eigenvalue weighted by Gasteiger charge is -2.26. The van der Waals surface area contributed by atoms with Gasteiger partial charge in [-0.3, -0.25) is 9.59 Å². The lowest BCUT2D eigenvalue weighted by Crippen LogP contribution is -2.29. The summed E-state index contributed by atoms with van der Waals surface area (Å²) in [5.41, 5.74) is 0. The van der Waals surface area contributed by atoms with Crippen molar-refractivity contribution in [1.82, 2.24) is 0 Å². The molecule has 1 fully saturated rings. The fourth-order valence-corrected chi connectivity index (χ4v) is 3.52. The Kier molecular flexibility index (Phi) is 10.0. The number of carboxylic acid groups (broad SMARTS) is 1. The summed E-state index contributed by atoms with van der Waals surface area (Å²) in [5.74, 6) is -0.441. The highest BCUT2D eigenvalue weighted by atomic mass is 16.5. The molecule has 24 heavy (non-hydrogen) atoms. The highest BCUT2D eigenvalue weighted by Gasteiger charge is 2.31. The number of carbonyl (C=O) groups is 2. The third-order valence-electron chi connectivity index (χ3n) is 5.11. The fourth-order valence-electron chi connectivity index (χ4n) is 3.52. The molecular weight excluding hydrogens is 304 g/mol. The van der Waals surface area contributed by atoms with E-state index in [1.165, 1.54) is 19.3 Å². The van der Waals surface area contributed by atoms with Gasteiger partial charge in [0.1, 0.15) is 6.10 Å². The van der Waals surface area contributed by atoms with Gasteiger partial charge in [-0.1, -0.05) is 46.5 Å². The zero-order chi connectivity index (χ0) is 17.9. The molecule has 0 heterocycles. The first-order valence-corrected chi connectivity index (χ1v) is 9.87. The van der Waals surface area contributed by atoms with Crippen molar-refractivity contribution in [3.05, 3.63) is 0 Å². The van der Waals surface area contributed by atoms with E-state index in [0.717, 1.165) is 31.6 Å². The second-order valence-corrected chi connectivity index (χ2v) is 7.77. The topological polar surface area (TPSA) is 63.6 Å². The van der Waals surface area contributed by atoms with Crippen molar-refractivity contribution in [2.24, 2.45) is 17.8 Å². The maximum atomic E-state index is 12.4. The van der Waals surface area contributed by atoms with Gasteiger partial charge in [-0.15, -0.1) is 0 Å². The molecule has 1 atom stereocenters. The average molecular weight is 341 g/mol. The minimum atomic E-state index is -0.730. The molecule has 1 unspecified atom stereocenters. The molecule has 0 spiro atoms. The Balaban J connectivity index is 2.30. The van der Waals surface area contributed by atoms with E-state index in [4.69, 9.17) is 9.84 Å². The van der Waals surface area contributed by atoms with E-state index in [0.29, 0.717) is 25.7 Å². The van der Waals surface area contributed by atoms with Gasteiger partial charge in [-0.2, -0.15) is 0 Å². The van der Waals surface area contributed by atoms with Gasteiger partial charge in [0.15, 0.2) is 0 Å². The van der Waals surface area contributed by atoms with E-state index < -0.39 is 5.97 Å². The first-order chi connectivity index (χ1) is 11.4. The van der Waals surface area contributed by atoms with Crippen LogP contribution in [-0.2, 0) is 14.3 Å². The first kappa shape index (κ1) is 21.0. The van der Waals surface area contributed by atoms with Crippen LogP contribution in [0.2, 0.25) is 0 Å². The number of esters is 1. The molecule has 0 aromatic heterocycles. The molecule has 0 radical (unpaired) electrons. The van der Waals surface area contributed by atoms with Gasteiger partial charge in [-0.05, 0) is 50.9 Å². The SMILES string of the molecule is CCCC(CCCCCC(C)C)OC(=O)C1CCC(C(=O)O)CC1. The van der Waals surface area contributed by atoms with Crippen LogP contribution in [0.5, 0.6) is 0 Å². The number of hydrogen-bond donors (Lipinski definition) is 1. The predicted molar refractivity (Wildman–Crippen MR) is 95.8 cm³/mol. The highest BCUT2D eigenvalue weighted by molar-refractivity contribution is 5.74. The Morgan fingerprint density at radius 2 is 1.54 bits per heavy atom. The van der Waals surface area contributed by atoms with Crippen molar-refractivity contribution in [3.8, 4) is 0 Å². The van der Waals surface area contributed by atoms with Crippen molar-refractivity contribution in [3.63, 3.8) is 0 Å². The van der Waals surface area contributed by atoms with Crippen molar-refractivity contribution >= 4 is 11.9 Å². The van der Waals surface area contributed by atoms with Gasteiger partial charge in [0.25, 0.3) is 0 Å². The van der Waals surface area contributed by atoms with E-state index >= 15 is 0 Å². The molecule has 4 nitrogen and oxygen atoms in total. The van der Waals surface area contributed by atoms with Crippen LogP contribution in [-0.4, -0.2) is 23.1 Å². The minimum Gasteiger partial charge on any atom is -0.481 e. The summed E-state index contributed by atoms with van der Waals surface area (Å²) >= 11 is 0. The zero-order valence-electron chi connectivity index (χ0n) is 15.8. The minimum absolute atomic E-state index is 0.0405. The quantitative estimate of drug-likeness (QED) is 0.415. The Morgan fingerprint density at radius 3 is 2.08 bits per heavy atom. The van der Waals surface area contributed by atoms with E-state index in [1.807, 2.05) is 0 Å². The van der Waals surface area contributed by atoms with Crippen molar-refractivity contribution in [2.75, 3.05) is 0 Å². The van der Waals surface area contributed by atoms with Crippen LogP contribution in [0.15, 0.2) is 0 Å². The smallest absolute Gasteiger partial charge is 0.309 e. The summed E-state index contributed by atoms with van der Waals surface area (Å²) in [6.45, 7) is 6.62. The highest BCUT2D eigenvalue weighted by Crippen LogP contribution is 2.30. The van der Waals surface area contributed by atoms with E-state index in [-0.39, 0.29) is 23.9 Å². The summed E-state index contributed by atoms with van der Waals surface area (Å²) in [4.78, 5) is 23.4. The summed E-state index contributed by atoms with van der Waals surface area (Å²) < 4.78 is 5.77. The molecule has 1 N–H and O–H groups in total. The maximum Gasteiger partial charge on any atom is 0.309 e. The summed E-state index contributed by atoms with van der Waals surface area (Å²) in [6.07, 6.45) is 10.3. The normalized spacial score (nSPS) is 22.3. The van der Waals surface area contributed by atoms with Crippen molar-refractivity contribution < 1.29 is 19.4 Å². The van der Waals surface area contributed by atoms with Crippen LogP contribution in [0.25, 0.3) is 0 Å².